The summed E-state index contributed by atoms with van der Waals surface area (Å²) in [7, 11) is 0. The van der Waals surface area contributed by atoms with Crippen molar-refractivity contribution in [3.05, 3.63) is 28.7 Å². The van der Waals surface area contributed by atoms with Crippen LogP contribution in [-0.2, 0) is 17.6 Å². The van der Waals surface area contributed by atoms with E-state index in [4.69, 9.17) is 17.0 Å². The first-order chi connectivity index (χ1) is 12.2. The molecule has 0 saturated heterocycles. The molecule has 134 valence electrons. The molecule has 0 spiro atoms. The highest BCUT2D eigenvalue weighted by Gasteiger charge is 2.25. The van der Waals surface area contributed by atoms with Gasteiger partial charge in [0.1, 0.15) is 17.7 Å². The summed E-state index contributed by atoms with van der Waals surface area (Å²) in [5.41, 5.74) is 4.70. The van der Waals surface area contributed by atoms with Gasteiger partial charge in [0.2, 0.25) is 0 Å². The Kier molecular flexibility index (Phi) is 5.98. The minimum atomic E-state index is -0.282. The number of aryl methyl sites for hydroxylation is 1. The quantitative estimate of drug-likeness (QED) is 0.624. The number of aromatic nitrogens is 3. The number of nitrogens with zero attached hydrogens (tertiary/aromatic N) is 3. The summed E-state index contributed by atoms with van der Waals surface area (Å²) >= 11 is 6.94. The lowest BCUT2D eigenvalue weighted by atomic mass is 9.96. The van der Waals surface area contributed by atoms with Crippen LogP contribution >= 0.6 is 23.6 Å². The fraction of sp³-hybridized carbons (Fsp3) is 0.500. The molecule has 7 nitrogen and oxygen atoms in total. The average molecular weight is 380 g/mol. The SMILES string of the molecule is CCOC(=O)c1c(NC(=S)Nn2cnnc2)sc2c1CCCCCC2. The number of anilines is 1. The Balaban J connectivity index is 1.86. The number of rotatable bonds is 4. The number of hydrogen-bond donors (Lipinski definition) is 2. The normalized spacial score (nSPS) is 14.1. The molecule has 0 amide bonds. The lowest BCUT2D eigenvalue weighted by Gasteiger charge is -2.12. The molecule has 2 N–H and O–H groups in total. The van der Waals surface area contributed by atoms with E-state index < -0.39 is 0 Å². The third-order valence-electron chi connectivity index (χ3n) is 4.03. The molecule has 0 radical (unpaired) electrons. The van der Waals surface area contributed by atoms with E-state index in [0.29, 0.717) is 17.3 Å². The molecule has 1 aliphatic rings. The van der Waals surface area contributed by atoms with Crippen LogP contribution in [0.4, 0.5) is 5.00 Å². The number of fused-ring (bicyclic) bond motifs is 1. The van der Waals surface area contributed by atoms with Crippen molar-refractivity contribution in [1.82, 2.24) is 14.9 Å². The molecule has 25 heavy (non-hydrogen) atoms. The maximum absolute atomic E-state index is 12.6. The molecule has 0 unspecified atom stereocenters. The summed E-state index contributed by atoms with van der Waals surface area (Å²) in [4.78, 5) is 13.8. The van der Waals surface area contributed by atoms with E-state index in [2.05, 4.69) is 20.9 Å². The van der Waals surface area contributed by atoms with Crippen LogP contribution in [0.1, 0.15) is 53.4 Å². The fourth-order valence-electron chi connectivity index (χ4n) is 2.93. The zero-order chi connectivity index (χ0) is 17.6. The predicted octanol–water partition coefficient (Wildman–Crippen LogP) is 3.12. The van der Waals surface area contributed by atoms with Crippen LogP contribution < -0.4 is 10.7 Å². The summed E-state index contributed by atoms with van der Waals surface area (Å²) < 4.78 is 6.84. The molecule has 0 fully saturated rings. The molecule has 1 aliphatic carbocycles. The van der Waals surface area contributed by atoms with Crippen molar-refractivity contribution in [2.75, 3.05) is 17.3 Å². The molecule has 0 aliphatic heterocycles. The zero-order valence-electron chi connectivity index (χ0n) is 14.1. The molecular formula is C16H21N5O2S2. The molecule has 0 atom stereocenters. The lowest BCUT2D eigenvalue weighted by molar-refractivity contribution is 0.0526. The number of ether oxygens (including phenoxy) is 1. The van der Waals surface area contributed by atoms with Gasteiger partial charge in [-0.2, -0.15) is 0 Å². The average Bonchev–Trinajstić information content (AvgIpc) is 3.16. The van der Waals surface area contributed by atoms with Crippen LogP contribution in [0.3, 0.4) is 0 Å². The summed E-state index contributed by atoms with van der Waals surface area (Å²) in [5, 5.41) is 11.7. The summed E-state index contributed by atoms with van der Waals surface area (Å²) in [6.07, 6.45) is 9.61. The van der Waals surface area contributed by atoms with Gasteiger partial charge in [0.05, 0.1) is 12.2 Å². The van der Waals surface area contributed by atoms with Crippen LogP contribution in [0.2, 0.25) is 0 Å². The van der Waals surface area contributed by atoms with Crippen LogP contribution in [0, 0.1) is 0 Å². The van der Waals surface area contributed by atoms with Crippen molar-refractivity contribution in [3.8, 4) is 0 Å². The van der Waals surface area contributed by atoms with Gasteiger partial charge in [-0.15, -0.1) is 21.5 Å². The Hall–Kier alpha value is -2.00. The first-order valence-corrected chi connectivity index (χ1v) is 9.65. The molecule has 0 saturated carbocycles. The van der Waals surface area contributed by atoms with Gasteiger partial charge < -0.3 is 10.1 Å². The number of thiophene rings is 1. The van der Waals surface area contributed by atoms with Gasteiger partial charge in [0.15, 0.2) is 5.11 Å². The summed E-state index contributed by atoms with van der Waals surface area (Å²) in [6.45, 7) is 2.17. The second-order valence-corrected chi connectivity index (χ2v) is 7.29. The molecule has 2 aromatic rings. The van der Waals surface area contributed by atoms with Gasteiger partial charge in [0.25, 0.3) is 0 Å². The van der Waals surface area contributed by atoms with Crippen LogP contribution in [0.15, 0.2) is 12.7 Å². The van der Waals surface area contributed by atoms with Crippen molar-refractivity contribution in [2.45, 2.75) is 45.4 Å². The van der Waals surface area contributed by atoms with E-state index >= 15 is 0 Å². The molecular weight excluding hydrogens is 358 g/mol. The van der Waals surface area contributed by atoms with Crippen LogP contribution in [-0.4, -0.2) is 32.6 Å². The molecule has 9 heteroatoms. The van der Waals surface area contributed by atoms with Gasteiger partial charge in [0, 0.05) is 4.88 Å². The van der Waals surface area contributed by atoms with Gasteiger partial charge in [-0.3, -0.25) is 5.43 Å². The summed E-state index contributed by atoms with van der Waals surface area (Å²) in [6, 6.07) is 0. The maximum Gasteiger partial charge on any atom is 0.341 e. The molecule has 3 rings (SSSR count). The van der Waals surface area contributed by atoms with E-state index in [1.54, 1.807) is 16.0 Å². The van der Waals surface area contributed by atoms with Crippen LogP contribution in [0.5, 0.6) is 0 Å². The van der Waals surface area contributed by atoms with Crippen molar-refractivity contribution in [1.29, 1.82) is 0 Å². The van der Waals surface area contributed by atoms with Gasteiger partial charge in [-0.1, -0.05) is 12.8 Å². The summed E-state index contributed by atoms with van der Waals surface area (Å²) in [5.74, 6) is -0.282. The van der Waals surface area contributed by atoms with Gasteiger partial charge >= 0.3 is 5.97 Å². The first-order valence-electron chi connectivity index (χ1n) is 8.43. The number of esters is 1. The van der Waals surface area contributed by atoms with Crippen LogP contribution in [0.25, 0.3) is 0 Å². The first kappa shape index (κ1) is 17.8. The number of hydrogen-bond acceptors (Lipinski definition) is 6. The fourth-order valence-corrected chi connectivity index (χ4v) is 4.49. The highest BCUT2D eigenvalue weighted by molar-refractivity contribution is 7.80. The van der Waals surface area contributed by atoms with E-state index in [1.165, 1.54) is 30.4 Å². The topological polar surface area (TPSA) is 81.1 Å². The van der Waals surface area contributed by atoms with E-state index in [1.807, 2.05) is 6.92 Å². The Bertz CT molecular complexity index is 742. The number of carbonyl (C=O) groups is 1. The van der Waals surface area contributed by atoms with Crippen molar-refractivity contribution < 1.29 is 9.53 Å². The second kappa shape index (κ2) is 8.39. The van der Waals surface area contributed by atoms with Crippen molar-refractivity contribution >= 4 is 39.6 Å². The highest BCUT2D eigenvalue weighted by Crippen LogP contribution is 2.37. The number of carbonyl (C=O) groups excluding carboxylic acids is 1. The smallest absolute Gasteiger partial charge is 0.341 e. The molecule has 2 aromatic heterocycles. The number of nitrogens with one attached hydrogen (secondary N) is 2. The Morgan fingerprint density at radius 1 is 1.28 bits per heavy atom. The number of thiocarbonyl (C=S) groups is 1. The predicted molar refractivity (Wildman–Crippen MR) is 102 cm³/mol. The van der Waals surface area contributed by atoms with E-state index in [-0.39, 0.29) is 5.97 Å². The minimum absolute atomic E-state index is 0.282. The monoisotopic (exact) mass is 379 g/mol. The molecule has 0 bridgehead atoms. The third kappa shape index (κ3) is 4.35. The Morgan fingerprint density at radius 3 is 2.72 bits per heavy atom. The second-order valence-electron chi connectivity index (χ2n) is 5.78. The standard InChI is InChI=1S/C16H21N5O2S2/c1-2-23-15(22)13-11-7-5-3-4-6-8-12(11)25-14(13)19-16(24)20-21-9-17-18-10-21/h9-10H,2-8H2,1H3,(H2,19,20,24). The zero-order valence-corrected chi connectivity index (χ0v) is 15.7. The molecule has 0 aromatic carbocycles. The van der Waals surface area contributed by atoms with Crippen molar-refractivity contribution in [2.24, 2.45) is 0 Å². The van der Waals surface area contributed by atoms with Gasteiger partial charge in [-0.25, -0.2) is 9.47 Å². The van der Waals surface area contributed by atoms with E-state index in [9.17, 15) is 4.79 Å². The largest absolute Gasteiger partial charge is 0.462 e. The maximum atomic E-state index is 12.6. The molecule has 2 heterocycles. The van der Waals surface area contributed by atoms with E-state index in [0.717, 1.165) is 36.2 Å². The third-order valence-corrected chi connectivity index (χ3v) is 5.43. The lowest BCUT2D eigenvalue weighted by Crippen LogP contribution is -2.27. The van der Waals surface area contributed by atoms with Gasteiger partial charge in [-0.05, 0) is 50.4 Å². The Labute approximate surface area is 155 Å². The van der Waals surface area contributed by atoms with Crippen molar-refractivity contribution in [3.63, 3.8) is 0 Å². The Morgan fingerprint density at radius 2 is 2.00 bits per heavy atom. The minimum Gasteiger partial charge on any atom is -0.462 e. The highest BCUT2D eigenvalue weighted by atomic mass is 32.1.